The van der Waals surface area contributed by atoms with Crippen molar-refractivity contribution in [1.82, 2.24) is 9.80 Å². The highest BCUT2D eigenvalue weighted by molar-refractivity contribution is 6.15. The minimum Gasteiger partial charge on any atom is -0.489 e. The average Bonchev–Trinajstić information content (AvgIpc) is 4.06. The van der Waals surface area contributed by atoms with Gasteiger partial charge in [0.1, 0.15) is 12.4 Å². The summed E-state index contributed by atoms with van der Waals surface area (Å²) in [5, 5.41) is 0. The molecule has 5 aromatic rings. The van der Waals surface area contributed by atoms with Crippen LogP contribution >= 0.6 is 0 Å². The highest BCUT2D eigenvalue weighted by Crippen LogP contribution is 2.53. The van der Waals surface area contributed by atoms with Crippen LogP contribution in [0.5, 0.6) is 5.75 Å². The summed E-state index contributed by atoms with van der Waals surface area (Å²) in [5.41, 5.74) is 11.2. The Labute approximate surface area is 434 Å². The van der Waals surface area contributed by atoms with E-state index < -0.39 is 47.0 Å². The number of rotatable bonds is 18. The summed E-state index contributed by atoms with van der Waals surface area (Å²) in [6.07, 6.45) is 3.47. The van der Waals surface area contributed by atoms with E-state index in [9.17, 15) is 4.79 Å². The number of aryl methyl sites for hydroxylation is 1. The Bertz CT molecular complexity index is 2680. The maximum Gasteiger partial charge on any atom is 0.327 e. The maximum atomic E-state index is 17.9. The smallest absolute Gasteiger partial charge is 0.327 e. The lowest BCUT2D eigenvalue weighted by atomic mass is 9.86. The largest absolute Gasteiger partial charge is 0.489 e. The van der Waals surface area contributed by atoms with Crippen LogP contribution in [0.2, 0.25) is 0 Å². The first-order chi connectivity index (χ1) is 34.8. The molecule has 6 amide bonds. The summed E-state index contributed by atoms with van der Waals surface area (Å²) in [5.74, 6) is -0.918. The Morgan fingerprint density at radius 3 is 1.53 bits per heavy atom. The number of nitrogens with two attached hydrogens (primary N) is 1. The molecule has 1 spiro atoms. The topological polar surface area (TPSA) is 120 Å². The van der Waals surface area contributed by atoms with Gasteiger partial charge < -0.3 is 10.5 Å². The lowest BCUT2D eigenvalue weighted by Gasteiger charge is -2.48. The molecule has 0 aromatic heterocycles. The highest BCUT2D eigenvalue weighted by atomic mass is 16.5. The van der Waals surface area contributed by atoms with Crippen molar-refractivity contribution in [3.8, 4) is 5.75 Å². The minimum absolute atomic E-state index is 0.0492. The van der Waals surface area contributed by atoms with Crippen LogP contribution in [-0.2, 0) is 16.2 Å². The first-order valence-electron chi connectivity index (χ1n) is 26.8. The molecule has 2 aliphatic heterocycles. The highest BCUT2D eigenvalue weighted by Gasteiger charge is 2.67. The van der Waals surface area contributed by atoms with Gasteiger partial charge in [-0.05, 0) is 120 Å². The van der Waals surface area contributed by atoms with E-state index in [0.717, 1.165) is 46.2 Å². The molecule has 1 aliphatic carbocycles. The van der Waals surface area contributed by atoms with E-state index in [1.165, 1.54) is 0 Å². The van der Waals surface area contributed by atoms with Gasteiger partial charge in [0.05, 0.1) is 28.9 Å². The number of nitrogens with zero attached hydrogens (tertiary/aromatic N) is 5. The van der Waals surface area contributed by atoms with E-state index in [4.69, 9.17) is 10.5 Å². The average molecular weight is 987 g/mol. The van der Waals surface area contributed by atoms with Crippen LogP contribution < -0.4 is 25.2 Å². The van der Waals surface area contributed by atoms with Crippen LogP contribution in [0, 0.1) is 6.92 Å². The molecule has 0 bridgehead atoms. The van der Waals surface area contributed by atoms with Crippen molar-refractivity contribution in [2.45, 2.75) is 168 Å². The second-order valence-electron chi connectivity index (χ2n) is 22.2. The van der Waals surface area contributed by atoms with E-state index in [0.29, 0.717) is 60.8 Å². The Kier molecular flexibility index (Phi) is 15.2. The van der Waals surface area contributed by atoms with Gasteiger partial charge in [0.25, 0.3) is 5.91 Å². The lowest BCUT2D eigenvalue weighted by molar-refractivity contribution is -0.143. The summed E-state index contributed by atoms with van der Waals surface area (Å²) in [6.45, 7) is 23.7. The Morgan fingerprint density at radius 1 is 0.616 bits per heavy atom. The second-order valence-corrected chi connectivity index (χ2v) is 22.2. The predicted molar refractivity (Wildman–Crippen MR) is 295 cm³/mol. The molecule has 8 rings (SSSR count). The molecular formula is C62H78N6O5. The number of hydrogen-bond acceptors (Lipinski definition) is 5. The molecule has 386 valence electrons. The molecule has 73 heavy (non-hydrogen) atoms. The summed E-state index contributed by atoms with van der Waals surface area (Å²) in [6, 6.07) is 36.9. The zero-order chi connectivity index (χ0) is 52.6. The van der Waals surface area contributed by atoms with Crippen LogP contribution in [0.3, 0.4) is 0 Å². The van der Waals surface area contributed by atoms with E-state index >= 15 is 14.4 Å². The lowest BCUT2D eigenvalue weighted by Crippen LogP contribution is -2.71. The van der Waals surface area contributed by atoms with Crippen LogP contribution in [0.15, 0.2) is 115 Å². The van der Waals surface area contributed by atoms with Crippen molar-refractivity contribution in [3.05, 3.63) is 149 Å². The summed E-state index contributed by atoms with van der Waals surface area (Å²) < 4.78 is 6.23. The Balaban J connectivity index is 1.44. The monoisotopic (exact) mass is 987 g/mol. The van der Waals surface area contributed by atoms with Crippen LogP contribution in [0.4, 0.5) is 32.3 Å². The van der Waals surface area contributed by atoms with E-state index in [1.807, 2.05) is 100 Å². The number of benzene rings is 5. The van der Waals surface area contributed by atoms with Crippen molar-refractivity contribution < 1.29 is 23.9 Å². The van der Waals surface area contributed by atoms with Crippen LogP contribution in [0.25, 0.3) is 0 Å². The molecule has 11 heteroatoms. The molecule has 3 fully saturated rings. The fourth-order valence-electron chi connectivity index (χ4n) is 12.1. The molecule has 2 N–H and O–H groups in total. The van der Waals surface area contributed by atoms with Gasteiger partial charge in [0, 0.05) is 24.5 Å². The fraction of sp³-hybridized carbons (Fsp3) is 0.452. The third-order valence-corrected chi connectivity index (χ3v) is 16.2. The molecule has 1 saturated carbocycles. The number of primary amides is 1. The number of amides is 6. The van der Waals surface area contributed by atoms with Crippen molar-refractivity contribution in [2.24, 2.45) is 5.73 Å². The maximum absolute atomic E-state index is 17.9. The number of anilines is 4. The van der Waals surface area contributed by atoms with Crippen LogP contribution in [-0.4, -0.2) is 63.5 Å². The molecule has 5 aromatic carbocycles. The fourth-order valence-corrected chi connectivity index (χ4v) is 12.1. The predicted octanol–water partition coefficient (Wildman–Crippen LogP) is 14.1. The Hall–Kier alpha value is -6.62. The quantitative estimate of drug-likeness (QED) is 0.0938. The molecule has 11 nitrogen and oxygen atoms in total. The zero-order valence-electron chi connectivity index (χ0n) is 45.2. The number of urea groups is 2. The van der Waals surface area contributed by atoms with Gasteiger partial charge in [-0.15, -0.1) is 0 Å². The molecular weight excluding hydrogens is 909 g/mol. The third kappa shape index (κ3) is 9.49. The number of carbonyl (C=O) groups is 4. The van der Waals surface area contributed by atoms with Gasteiger partial charge in [-0.1, -0.05) is 167 Å². The van der Waals surface area contributed by atoms with E-state index in [2.05, 4.69) is 106 Å². The SMILES string of the molecule is CCC1(CC)CN(C(CC(N)=O)(C(=O)N(c2c(C(C)C)cccc2C(C)C)c2c(C(C)C)cccc2C(C)C)N2CC3(CCCC3)N(c3ccc(OCc4ccccc4)cc3)C2=O)C(=O)N1c1ccc(C)cc1. The summed E-state index contributed by atoms with van der Waals surface area (Å²) >= 11 is 0. The van der Waals surface area contributed by atoms with Crippen molar-refractivity contribution in [2.75, 3.05) is 27.8 Å². The molecule has 0 radical (unpaired) electrons. The summed E-state index contributed by atoms with van der Waals surface area (Å²) in [4.78, 5) is 74.0. The van der Waals surface area contributed by atoms with Gasteiger partial charge in [0.15, 0.2) is 0 Å². The number of para-hydroxylation sites is 2. The normalized spacial score (nSPS) is 17.2. The number of ether oxygens (including phenoxy) is 1. The van der Waals surface area contributed by atoms with Crippen molar-refractivity contribution in [3.63, 3.8) is 0 Å². The van der Waals surface area contributed by atoms with E-state index in [-0.39, 0.29) is 36.8 Å². The van der Waals surface area contributed by atoms with Gasteiger partial charge in [-0.3, -0.25) is 34.1 Å². The van der Waals surface area contributed by atoms with Gasteiger partial charge in [0.2, 0.25) is 11.6 Å². The van der Waals surface area contributed by atoms with Gasteiger partial charge >= 0.3 is 12.1 Å². The Morgan fingerprint density at radius 2 is 1.07 bits per heavy atom. The minimum atomic E-state index is -2.27. The van der Waals surface area contributed by atoms with Crippen molar-refractivity contribution >= 4 is 46.6 Å². The summed E-state index contributed by atoms with van der Waals surface area (Å²) in [7, 11) is 0. The molecule has 1 unspecified atom stereocenters. The molecule has 2 saturated heterocycles. The van der Waals surface area contributed by atoms with Crippen molar-refractivity contribution in [1.29, 1.82) is 0 Å². The standard InChI is InChI=1S/C62H78N6O5/c1-12-60(13-2)39-64(58(71)67(60)47-29-27-45(11)28-30-47)62(37-54(63)69,65-40-61(35-17-18-36-61)68(59(65)72)48-31-33-49(34-32-48)73-38-46-21-15-14-16-22-46)57(70)66(55-50(41(3)4)23-19-24-51(55)42(5)6)56-52(43(7)8)25-20-26-53(56)44(9)10/h14-16,19-34,41-44H,12-13,17-18,35-40H2,1-11H3,(H2,63,69). The first-order valence-corrected chi connectivity index (χ1v) is 26.8. The second kappa shape index (κ2) is 21.1. The number of carbonyl (C=O) groups excluding carboxylic acids is 4. The van der Waals surface area contributed by atoms with Crippen LogP contribution in [0.1, 0.15) is 171 Å². The van der Waals surface area contributed by atoms with Gasteiger partial charge in [-0.2, -0.15) is 0 Å². The number of hydrogen-bond donors (Lipinski definition) is 1. The molecule has 2 heterocycles. The van der Waals surface area contributed by atoms with E-state index in [1.54, 1.807) is 9.80 Å². The first kappa shape index (κ1) is 52.7. The third-order valence-electron chi connectivity index (χ3n) is 16.2. The molecule has 1 atom stereocenters. The van der Waals surface area contributed by atoms with Gasteiger partial charge in [-0.25, -0.2) is 9.59 Å². The molecule has 3 aliphatic rings. The zero-order valence-corrected chi connectivity index (χ0v) is 45.2.